The molecule has 19 heavy (non-hydrogen) atoms. The summed E-state index contributed by atoms with van der Waals surface area (Å²) in [6.45, 7) is 1.06. The number of aliphatic hydroxyl groups is 1. The van der Waals surface area contributed by atoms with Crippen LogP contribution in [-0.4, -0.2) is 23.6 Å². The lowest BCUT2D eigenvalue weighted by Crippen LogP contribution is -2.31. The number of benzene rings is 1. The second-order valence-electron chi connectivity index (χ2n) is 5.21. The van der Waals surface area contributed by atoms with Crippen LogP contribution in [0.15, 0.2) is 30.3 Å². The molecule has 1 aromatic carbocycles. The minimum absolute atomic E-state index is 0.158. The van der Waals surface area contributed by atoms with Gasteiger partial charge >= 0.3 is 0 Å². The van der Waals surface area contributed by atoms with E-state index in [0.29, 0.717) is 26.1 Å². The minimum atomic E-state index is -0.538. The normalized spacial score (nSPS) is 21.3. The maximum absolute atomic E-state index is 11.7. The Hall–Kier alpha value is -1.19. The Morgan fingerprint density at radius 1 is 1.26 bits per heavy atom. The van der Waals surface area contributed by atoms with E-state index in [9.17, 15) is 9.90 Å². The van der Waals surface area contributed by atoms with Crippen molar-refractivity contribution in [2.45, 2.75) is 44.8 Å². The van der Waals surface area contributed by atoms with Gasteiger partial charge in [-0.1, -0.05) is 36.8 Å². The molecule has 0 aromatic heterocycles. The summed E-state index contributed by atoms with van der Waals surface area (Å²) in [5.41, 5.74) is 1.13. The molecular formula is C16H22O3. The Morgan fingerprint density at radius 2 is 2.05 bits per heavy atom. The molecule has 0 heterocycles. The molecule has 104 valence electrons. The zero-order chi connectivity index (χ0) is 13.5. The van der Waals surface area contributed by atoms with Gasteiger partial charge in [0.15, 0.2) is 0 Å². The van der Waals surface area contributed by atoms with Crippen molar-refractivity contribution in [3.8, 4) is 0 Å². The van der Waals surface area contributed by atoms with Gasteiger partial charge in [0, 0.05) is 18.9 Å². The van der Waals surface area contributed by atoms with Gasteiger partial charge in [0.25, 0.3) is 0 Å². The van der Waals surface area contributed by atoms with Gasteiger partial charge < -0.3 is 9.84 Å². The van der Waals surface area contributed by atoms with Crippen molar-refractivity contribution in [3.05, 3.63) is 35.9 Å². The van der Waals surface area contributed by atoms with E-state index in [4.69, 9.17) is 4.74 Å². The molecule has 1 aliphatic carbocycles. The van der Waals surface area contributed by atoms with E-state index in [0.717, 1.165) is 24.8 Å². The van der Waals surface area contributed by atoms with Crippen LogP contribution in [-0.2, 0) is 16.1 Å². The van der Waals surface area contributed by atoms with Crippen molar-refractivity contribution in [1.82, 2.24) is 0 Å². The number of aliphatic hydroxyl groups excluding tert-OH is 1. The number of ketones is 1. The van der Waals surface area contributed by atoms with E-state index in [-0.39, 0.29) is 11.7 Å². The average Bonchev–Trinajstić information content (AvgIpc) is 2.45. The summed E-state index contributed by atoms with van der Waals surface area (Å²) < 4.78 is 5.55. The van der Waals surface area contributed by atoms with Gasteiger partial charge in [0.05, 0.1) is 12.7 Å². The van der Waals surface area contributed by atoms with Crippen LogP contribution in [0.4, 0.5) is 0 Å². The molecule has 3 nitrogen and oxygen atoms in total. The van der Waals surface area contributed by atoms with Gasteiger partial charge in [-0.25, -0.2) is 0 Å². The number of Topliss-reactive ketones (excluding diaryl/α,β-unsaturated/α-hetero) is 1. The molecule has 3 heteroatoms. The SMILES string of the molecule is O=C1CCCCC1C(O)CCOCc1ccccc1. The van der Waals surface area contributed by atoms with Crippen molar-refractivity contribution in [3.63, 3.8) is 0 Å². The van der Waals surface area contributed by atoms with Crippen LogP contribution in [0.3, 0.4) is 0 Å². The highest BCUT2D eigenvalue weighted by Crippen LogP contribution is 2.24. The van der Waals surface area contributed by atoms with E-state index in [1.54, 1.807) is 0 Å². The highest BCUT2D eigenvalue weighted by Gasteiger charge is 2.28. The molecule has 2 unspecified atom stereocenters. The lowest BCUT2D eigenvalue weighted by molar-refractivity contribution is -0.129. The molecule has 1 N–H and O–H groups in total. The Kier molecular flexibility index (Phi) is 5.55. The number of hydrogen-bond acceptors (Lipinski definition) is 3. The monoisotopic (exact) mass is 262 g/mol. The van der Waals surface area contributed by atoms with E-state index >= 15 is 0 Å². The van der Waals surface area contributed by atoms with Gasteiger partial charge in [0.1, 0.15) is 5.78 Å². The van der Waals surface area contributed by atoms with Crippen LogP contribution in [0.5, 0.6) is 0 Å². The van der Waals surface area contributed by atoms with Crippen LogP contribution in [0.1, 0.15) is 37.7 Å². The predicted molar refractivity (Wildman–Crippen MR) is 73.7 cm³/mol. The van der Waals surface area contributed by atoms with Gasteiger partial charge in [-0.15, -0.1) is 0 Å². The zero-order valence-corrected chi connectivity index (χ0v) is 11.3. The number of ether oxygens (including phenoxy) is 1. The third-order valence-electron chi connectivity index (χ3n) is 3.74. The third-order valence-corrected chi connectivity index (χ3v) is 3.74. The van der Waals surface area contributed by atoms with Crippen molar-refractivity contribution in [2.24, 2.45) is 5.92 Å². The Balaban J connectivity index is 1.66. The first-order chi connectivity index (χ1) is 9.27. The van der Waals surface area contributed by atoms with Crippen molar-refractivity contribution < 1.29 is 14.6 Å². The van der Waals surface area contributed by atoms with Gasteiger partial charge in [-0.3, -0.25) is 4.79 Å². The lowest BCUT2D eigenvalue weighted by Gasteiger charge is -2.25. The molecular weight excluding hydrogens is 240 g/mol. The van der Waals surface area contributed by atoms with E-state index in [1.165, 1.54) is 0 Å². The maximum Gasteiger partial charge on any atom is 0.138 e. The number of rotatable bonds is 6. The molecule has 1 fully saturated rings. The first-order valence-corrected chi connectivity index (χ1v) is 7.10. The largest absolute Gasteiger partial charge is 0.392 e. The smallest absolute Gasteiger partial charge is 0.138 e. The fourth-order valence-corrected chi connectivity index (χ4v) is 2.59. The van der Waals surface area contributed by atoms with Crippen molar-refractivity contribution in [1.29, 1.82) is 0 Å². The molecule has 1 saturated carbocycles. The highest BCUT2D eigenvalue weighted by atomic mass is 16.5. The number of hydrogen-bond donors (Lipinski definition) is 1. The summed E-state index contributed by atoms with van der Waals surface area (Å²) in [4.78, 5) is 11.7. The molecule has 1 aliphatic rings. The van der Waals surface area contributed by atoms with Crippen LogP contribution in [0, 0.1) is 5.92 Å². The van der Waals surface area contributed by atoms with Crippen molar-refractivity contribution in [2.75, 3.05) is 6.61 Å². The summed E-state index contributed by atoms with van der Waals surface area (Å²) >= 11 is 0. The van der Waals surface area contributed by atoms with Crippen LogP contribution >= 0.6 is 0 Å². The first-order valence-electron chi connectivity index (χ1n) is 7.10. The second-order valence-corrected chi connectivity index (χ2v) is 5.21. The number of carbonyl (C=O) groups excluding carboxylic acids is 1. The fraction of sp³-hybridized carbons (Fsp3) is 0.562. The van der Waals surface area contributed by atoms with Crippen molar-refractivity contribution >= 4 is 5.78 Å². The second kappa shape index (κ2) is 7.41. The average molecular weight is 262 g/mol. The summed E-state index contributed by atoms with van der Waals surface area (Å²) in [5.74, 6) is 0.0656. The summed E-state index contributed by atoms with van der Waals surface area (Å²) in [5, 5.41) is 10.0. The van der Waals surface area contributed by atoms with Gasteiger partial charge in [0.2, 0.25) is 0 Å². The van der Waals surface area contributed by atoms with E-state index in [1.807, 2.05) is 30.3 Å². The topological polar surface area (TPSA) is 46.5 Å². The quantitative estimate of drug-likeness (QED) is 0.802. The predicted octanol–water partition coefficient (Wildman–Crippen LogP) is 2.71. The van der Waals surface area contributed by atoms with Gasteiger partial charge in [-0.2, -0.15) is 0 Å². The molecule has 0 saturated heterocycles. The molecule has 0 aliphatic heterocycles. The molecule has 0 amide bonds. The highest BCUT2D eigenvalue weighted by molar-refractivity contribution is 5.82. The Bertz CT molecular complexity index is 388. The molecule has 1 aromatic rings. The fourth-order valence-electron chi connectivity index (χ4n) is 2.59. The summed E-state index contributed by atoms with van der Waals surface area (Å²) in [6, 6.07) is 9.96. The summed E-state index contributed by atoms with van der Waals surface area (Å²) in [7, 11) is 0. The maximum atomic E-state index is 11.7. The van der Waals surface area contributed by atoms with Crippen LogP contribution in [0.25, 0.3) is 0 Å². The lowest BCUT2D eigenvalue weighted by atomic mass is 9.83. The van der Waals surface area contributed by atoms with E-state index < -0.39 is 6.10 Å². The first kappa shape index (κ1) is 14.2. The van der Waals surface area contributed by atoms with E-state index in [2.05, 4.69) is 0 Å². The zero-order valence-electron chi connectivity index (χ0n) is 11.3. The van der Waals surface area contributed by atoms with Crippen LogP contribution in [0.2, 0.25) is 0 Å². The molecule has 0 radical (unpaired) electrons. The standard InChI is InChI=1S/C16H22O3/c17-15-9-5-4-8-14(15)16(18)10-11-19-12-13-6-2-1-3-7-13/h1-3,6-7,14,16,18H,4-5,8-12H2. The van der Waals surface area contributed by atoms with Crippen LogP contribution < -0.4 is 0 Å². The molecule has 0 spiro atoms. The number of carbonyl (C=O) groups is 1. The summed E-state index contributed by atoms with van der Waals surface area (Å²) in [6.07, 6.45) is 3.50. The third kappa shape index (κ3) is 4.44. The molecule has 2 rings (SSSR count). The molecule has 0 bridgehead atoms. The Labute approximate surface area is 114 Å². The molecule has 2 atom stereocenters. The Morgan fingerprint density at radius 3 is 2.79 bits per heavy atom. The minimum Gasteiger partial charge on any atom is -0.392 e. The van der Waals surface area contributed by atoms with Gasteiger partial charge in [-0.05, 0) is 24.8 Å².